The predicted molar refractivity (Wildman–Crippen MR) is 227 cm³/mol. The largest absolute Gasteiger partial charge is 0.449 e. The first-order chi connectivity index (χ1) is 24.6. The van der Waals surface area contributed by atoms with Crippen LogP contribution >= 0.6 is 0 Å². The molecule has 0 unspecified atom stereocenters. The SMILES string of the molecule is Cn1c2ccccc2c2ccc(C=Cc3ccc([Si](C)(C)O[Si](C)(C)c4ccc(C=Cc5ccc6c7ccccc7n(C)c6c5)cc4)cc3)cc21. The molecule has 0 aliphatic carbocycles. The van der Waals surface area contributed by atoms with Crippen molar-refractivity contribution in [3.8, 4) is 0 Å². The van der Waals surface area contributed by atoms with Gasteiger partial charge in [0.1, 0.15) is 0 Å². The number of para-hydroxylation sites is 2. The highest BCUT2D eigenvalue weighted by Gasteiger charge is 2.35. The van der Waals surface area contributed by atoms with Crippen LogP contribution in [0.25, 0.3) is 67.9 Å². The van der Waals surface area contributed by atoms with Gasteiger partial charge in [-0.2, -0.15) is 0 Å². The van der Waals surface area contributed by atoms with Crippen LogP contribution in [0.3, 0.4) is 0 Å². The molecular formula is C46H44N2OSi2. The van der Waals surface area contributed by atoms with Crippen molar-refractivity contribution in [1.29, 1.82) is 0 Å². The molecule has 2 aromatic heterocycles. The summed E-state index contributed by atoms with van der Waals surface area (Å²) in [6.07, 6.45) is 8.84. The van der Waals surface area contributed by atoms with Crippen LogP contribution in [-0.2, 0) is 18.2 Å². The van der Waals surface area contributed by atoms with E-state index in [0.717, 1.165) is 0 Å². The molecule has 0 amide bonds. The van der Waals surface area contributed by atoms with Crippen LogP contribution in [0.5, 0.6) is 0 Å². The van der Waals surface area contributed by atoms with Gasteiger partial charge in [-0.3, -0.25) is 0 Å². The molecule has 0 fully saturated rings. The fourth-order valence-corrected chi connectivity index (χ4v) is 15.7. The summed E-state index contributed by atoms with van der Waals surface area (Å²) in [5.41, 5.74) is 9.83. The Kier molecular flexibility index (Phi) is 8.30. The molecule has 0 atom stereocenters. The minimum Gasteiger partial charge on any atom is -0.449 e. The lowest BCUT2D eigenvalue weighted by atomic mass is 10.1. The molecule has 5 heteroatoms. The summed E-state index contributed by atoms with van der Waals surface area (Å²) in [7, 11) is -0.0102. The van der Waals surface area contributed by atoms with E-state index in [1.54, 1.807) is 0 Å². The Labute approximate surface area is 303 Å². The fraction of sp³-hybridized carbons (Fsp3) is 0.130. The Balaban J connectivity index is 0.938. The highest BCUT2D eigenvalue weighted by atomic mass is 28.4. The first-order valence-corrected chi connectivity index (χ1v) is 23.6. The third-order valence-corrected chi connectivity index (χ3v) is 18.1. The number of benzene rings is 6. The van der Waals surface area contributed by atoms with Crippen LogP contribution in [0.15, 0.2) is 133 Å². The van der Waals surface area contributed by atoms with Crippen molar-refractivity contribution in [3.05, 3.63) is 156 Å². The molecule has 0 bridgehead atoms. The molecule has 0 radical (unpaired) electrons. The number of aromatic nitrogens is 2. The highest BCUT2D eigenvalue weighted by Crippen LogP contribution is 2.30. The Morgan fingerprint density at radius 1 is 0.392 bits per heavy atom. The van der Waals surface area contributed by atoms with Gasteiger partial charge in [-0.25, -0.2) is 0 Å². The topological polar surface area (TPSA) is 19.1 Å². The first-order valence-electron chi connectivity index (χ1n) is 17.8. The number of hydrogen-bond donors (Lipinski definition) is 0. The maximum absolute atomic E-state index is 7.13. The molecule has 3 nitrogen and oxygen atoms in total. The monoisotopic (exact) mass is 696 g/mol. The van der Waals surface area contributed by atoms with E-state index >= 15 is 0 Å². The molecule has 6 aromatic carbocycles. The maximum Gasteiger partial charge on any atom is 0.206 e. The zero-order valence-electron chi connectivity index (χ0n) is 30.3. The molecule has 0 spiro atoms. The molecule has 0 aliphatic rings. The Morgan fingerprint density at radius 3 is 1.14 bits per heavy atom. The van der Waals surface area contributed by atoms with E-state index in [0.29, 0.717) is 0 Å². The minimum absolute atomic E-state index is 1.19. The molecule has 0 saturated carbocycles. The Morgan fingerprint density at radius 2 is 0.725 bits per heavy atom. The van der Waals surface area contributed by atoms with E-state index in [1.165, 1.54) is 76.2 Å². The smallest absolute Gasteiger partial charge is 0.206 e. The predicted octanol–water partition coefficient (Wildman–Crippen LogP) is 10.9. The van der Waals surface area contributed by atoms with Gasteiger partial charge in [-0.1, -0.05) is 133 Å². The first kappa shape index (κ1) is 33.0. The van der Waals surface area contributed by atoms with Crippen molar-refractivity contribution in [2.45, 2.75) is 26.2 Å². The van der Waals surface area contributed by atoms with Gasteiger partial charge in [-0.05, 0) is 83.1 Å². The second kappa shape index (κ2) is 12.8. The highest BCUT2D eigenvalue weighted by molar-refractivity contribution is 6.96. The average Bonchev–Trinajstić information content (AvgIpc) is 3.59. The van der Waals surface area contributed by atoms with E-state index in [1.807, 2.05) is 0 Å². The third kappa shape index (κ3) is 6.23. The van der Waals surface area contributed by atoms with E-state index in [9.17, 15) is 0 Å². The van der Waals surface area contributed by atoms with Crippen LogP contribution in [0.2, 0.25) is 26.2 Å². The van der Waals surface area contributed by atoms with Gasteiger partial charge in [-0.15, -0.1) is 0 Å². The normalized spacial score (nSPS) is 12.8. The van der Waals surface area contributed by atoms with Gasteiger partial charge in [0.2, 0.25) is 16.6 Å². The molecule has 2 heterocycles. The lowest BCUT2D eigenvalue weighted by Crippen LogP contribution is -2.57. The molecular weight excluding hydrogens is 653 g/mol. The molecule has 0 aliphatic heterocycles. The summed E-state index contributed by atoms with van der Waals surface area (Å²) in [5.74, 6) is 0. The van der Waals surface area contributed by atoms with E-state index in [-0.39, 0.29) is 0 Å². The minimum atomic E-state index is -2.15. The van der Waals surface area contributed by atoms with Crippen LogP contribution in [0.1, 0.15) is 22.3 Å². The Hall–Kier alpha value is -5.21. The van der Waals surface area contributed by atoms with Crippen LogP contribution in [0.4, 0.5) is 0 Å². The average molecular weight is 697 g/mol. The maximum atomic E-state index is 7.13. The number of hydrogen-bond acceptors (Lipinski definition) is 1. The van der Waals surface area contributed by atoms with Crippen molar-refractivity contribution < 1.29 is 4.12 Å². The molecule has 51 heavy (non-hydrogen) atoms. The van der Waals surface area contributed by atoms with Crippen molar-refractivity contribution in [2.75, 3.05) is 0 Å². The summed E-state index contributed by atoms with van der Waals surface area (Å²) in [6.45, 7) is 9.31. The summed E-state index contributed by atoms with van der Waals surface area (Å²) >= 11 is 0. The van der Waals surface area contributed by atoms with Gasteiger partial charge >= 0.3 is 0 Å². The fourth-order valence-electron chi connectivity index (χ4n) is 7.69. The molecule has 8 aromatic rings. The van der Waals surface area contributed by atoms with Crippen molar-refractivity contribution in [3.63, 3.8) is 0 Å². The number of nitrogens with zero attached hydrogens (tertiary/aromatic N) is 2. The zero-order valence-corrected chi connectivity index (χ0v) is 32.3. The van der Waals surface area contributed by atoms with Gasteiger partial charge in [0.05, 0.1) is 0 Å². The lowest BCUT2D eigenvalue weighted by molar-refractivity contribution is 0.573. The Bertz CT molecular complexity index is 2440. The van der Waals surface area contributed by atoms with E-state index in [4.69, 9.17) is 4.12 Å². The van der Waals surface area contributed by atoms with Gasteiger partial charge in [0.25, 0.3) is 0 Å². The number of rotatable bonds is 8. The van der Waals surface area contributed by atoms with E-state index in [2.05, 4.69) is 207 Å². The van der Waals surface area contributed by atoms with Crippen LogP contribution < -0.4 is 10.4 Å². The second-order valence-electron chi connectivity index (χ2n) is 14.7. The van der Waals surface area contributed by atoms with E-state index < -0.39 is 16.6 Å². The summed E-state index contributed by atoms with van der Waals surface area (Å²) < 4.78 is 11.7. The third-order valence-electron chi connectivity index (χ3n) is 10.5. The van der Waals surface area contributed by atoms with Crippen molar-refractivity contribution in [1.82, 2.24) is 9.13 Å². The second-order valence-corrected chi connectivity index (χ2v) is 22.8. The van der Waals surface area contributed by atoms with Crippen LogP contribution in [0, 0.1) is 0 Å². The quantitative estimate of drug-likeness (QED) is 0.114. The number of aryl methyl sites for hydroxylation is 2. The molecule has 252 valence electrons. The van der Waals surface area contributed by atoms with Crippen molar-refractivity contribution >= 4 is 94.9 Å². The zero-order chi connectivity index (χ0) is 35.3. The van der Waals surface area contributed by atoms with Crippen molar-refractivity contribution in [2.24, 2.45) is 14.1 Å². The van der Waals surface area contributed by atoms with Crippen LogP contribution in [-0.4, -0.2) is 25.8 Å². The standard InChI is InChI=1S/C46H44N2OSi2/c1-47-43-13-9-7-11-39(43)41-29-23-35(31-45(41)47)17-15-33-19-25-37(26-20-33)50(3,4)49-51(5,6)38-27-21-34(22-28-38)16-18-36-24-30-42-40-12-8-10-14-44(40)48(2)46(42)32-36/h7-32H,1-6H3. The molecule has 0 N–H and O–H groups in total. The van der Waals surface area contributed by atoms with Gasteiger partial charge in [0.15, 0.2) is 0 Å². The molecule has 0 saturated heterocycles. The summed E-state index contributed by atoms with van der Waals surface area (Å²) in [4.78, 5) is 0. The number of fused-ring (bicyclic) bond motifs is 6. The van der Waals surface area contributed by atoms with Gasteiger partial charge < -0.3 is 13.2 Å². The molecule has 8 rings (SSSR count). The summed E-state index contributed by atoms with van der Waals surface area (Å²) in [5, 5.41) is 7.84. The van der Waals surface area contributed by atoms with Gasteiger partial charge in [0, 0.05) is 57.7 Å². The lowest BCUT2D eigenvalue weighted by Gasteiger charge is -2.34. The summed E-state index contributed by atoms with van der Waals surface area (Å²) in [6, 6.07) is 48.7.